The molecule has 0 radical (unpaired) electrons. The maximum Gasteiger partial charge on any atom is 0.318 e. The number of ether oxygens (including phenoxy) is 12. The lowest BCUT2D eigenvalue weighted by atomic mass is 9.88. The highest BCUT2D eigenvalue weighted by Gasteiger charge is 2.52. The highest BCUT2D eigenvalue weighted by molar-refractivity contribution is 5.85. The maximum atomic E-state index is 15.1. The minimum absolute atomic E-state index is 0.892. The number of hydrogen-bond acceptors (Lipinski definition) is 40. The molecule has 0 aliphatic heterocycles. The zero-order chi connectivity index (χ0) is 81.7. The maximum absolute atomic E-state index is 15.1. The van der Waals surface area contributed by atoms with E-state index in [9.17, 15) is 120 Å². The summed E-state index contributed by atoms with van der Waals surface area (Å²) < 4.78 is 66.0. The molecule has 40 nitrogen and oxygen atoms in total. The lowest BCUT2D eigenvalue weighted by Crippen LogP contribution is -2.51. The third kappa shape index (κ3) is 25.6. The number of esters is 12. The van der Waals surface area contributed by atoms with Crippen LogP contribution in [0.5, 0.6) is 0 Å². The number of aliphatic hydroxyl groups excluding tert-OH is 16. The van der Waals surface area contributed by atoms with Crippen LogP contribution in [-0.4, -0.2) is 338 Å². The third-order valence-corrected chi connectivity index (χ3v) is 17.7. The van der Waals surface area contributed by atoms with Crippen LogP contribution in [0.4, 0.5) is 0 Å². The van der Waals surface area contributed by atoms with E-state index in [2.05, 4.69) is 0 Å². The van der Waals surface area contributed by atoms with Gasteiger partial charge in [-0.2, -0.15) is 0 Å². The second-order valence-corrected chi connectivity index (χ2v) is 29.7. The molecule has 0 spiro atoms. The van der Waals surface area contributed by atoms with Gasteiger partial charge < -0.3 is 139 Å². The molecular formula is C65H108O40. The van der Waals surface area contributed by atoms with E-state index in [0.29, 0.717) is 0 Å². The van der Waals surface area contributed by atoms with Crippen molar-refractivity contribution >= 4 is 71.6 Å². The van der Waals surface area contributed by atoms with Crippen LogP contribution in [0.2, 0.25) is 0 Å². The Kier molecular flexibility index (Phi) is 38.6. The number of carbonyl (C=O) groups excluding carboxylic acids is 12. The zero-order valence-corrected chi connectivity index (χ0v) is 61.3. The molecular weight excluding hydrogens is 1420 g/mol. The van der Waals surface area contributed by atoms with Crippen molar-refractivity contribution in [2.45, 2.75) is 83.1 Å². The molecule has 0 aromatic carbocycles. The topological polar surface area (TPSA) is 639 Å². The number of rotatable bonds is 52. The van der Waals surface area contributed by atoms with Gasteiger partial charge in [-0.15, -0.1) is 0 Å². The van der Waals surface area contributed by atoms with Crippen LogP contribution in [0.1, 0.15) is 83.1 Å². The summed E-state index contributed by atoms with van der Waals surface area (Å²) in [6.07, 6.45) is 0. The second-order valence-electron chi connectivity index (χ2n) is 29.7. The fourth-order valence-electron chi connectivity index (χ4n) is 7.08. The molecule has 0 fully saturated rings. The van der Waals surface area contributed by atoms with Crippen LogP contribution in [0.3, 0.4) is 0 Å². The van der Waals surface area contributed by atoms with Crippen LogP contribution in [0.25, 0.3) is 0 Å². The molecule has 0 heterocycles. The van der Waals surface area contributed by atoms with E-state index in [4.69, 9.17) is 56.8 Å². The Morgan fingerprint density at radius 3 is 0.314 bits per heavy atom. The highest BCUT2D eigenvalue weighted by atomic mass is 16.6. The quantitative estimate of drug-likeness (QED) is 0.0199. The molecule has 0 saturated carbocycles. The molecule has 16 N–H and O–H groups in total. The average molecular weight is 1530 g/mol. The number of hydrogen-bond donors (Lipinski definition) is 16. The fourth-order valence-corrected chi connectivity index (χ4v) is 7.08. The summed E-state index contributed by atoms with van der Waals surface area (Å²) in [6.45, 7) is -22.0. The highest BCUT2D eigenvalue weighted by Crippen LogP contribution is 2.35. The summed E-state index contributed by atoms with van der Waals surface area (Å²) in [5.41, 5.74) is -30.1. The normalized spacial score (nSPS) is 13.1. The Morgan fingerprint density at radius 2 is 0.229 bits per heavy atom. The summed E-state index contributed by atoms with van der Waals surface area (Å²) in [5.74, 6) is -18.1. The predicted molar refractivity (Wildman–Crippen MR) is 345 cm³/mol. The van der Waals surface area contributed by atoms with Crippen LogP contribution >= 0.6 is 0 Å². The van der Waals surface area contributed by atoms with Crippen molar-refractivity contribution in [3.05, 3.63) is 0 Å². The van der Waals surface area contributed by atoms with Crippen molar-refractivity contribution in [3.63, 3.8) is 0 Å². The van der Waals surface area contributed by atoms with Gasteiger partial charge in [0.1, 0.15) is 150 Å². The third-order valence-electron chi connectivity index (χ3n) is 17.7. The van der Waals surface area contributed by atoms with Crippen molar-refractivity contribution in [2.75, 3.05) is 185 Å². The van der Waals surface area contributed by atoms with E-state index < -0.39 is 327 Å². The molecule has 0 aromatic rings. The van der Waals surface area contributed by atoms with Crippen LogP contribution < -0.4 is 0 Å². The Morgan fingerprint density at radius 1 is 0.152 bits per heavy atom. The number of aliphatic hydroxyl groups is 16. The number of carbonyl (C=O) groups is 12. The lowest BCUT2D eigenvalue weighted by molar-refractivity contribution is -0.191. The Labute approximate surface area is 604 Å². The van der Waals surface area contributed by atoms with Gasteiger partial charge in [0.15, 0.2) is 0 Å². The molecule has 0 saturated heterocycles. The molecule has 608 valence electrons. The molecule has 105 heavy (non-hydrogen) atoms. The fraction of sp³-hybridized carbons (Fsp3) is 0.815. The van der Waals surface area contributed by atoms with Gasteiger partial charge in [-0.3, -0.25) is 57.5 Å². The van der Waals surface area contributed by atoms with Gasteiger partial charge in [0, 0.05) is 0 Å². The van der Waals surface area contributed by atoms with E-state index in [0.717, 1.165) is 83.1 Å². The van der Waals surface area contributed by atoms with Crippen molar-refractivity contribution in [1.29, 1.82) is 0 Å². The molecule has 0 bridgehead atoms. The first kappa shape index (κ1) is 98.0. The Bertz CT molecular complexity index is 2350. The Balaban J connectivity index is 9.58. The van der Waals surface area contributed by atoms with Crippen molar-refractivity contribution in [1.82, 2.24) is 0 Å². The van der Waals surface area contributed by atoms with Crippen LogP contribution in [0, 0.1) is 70.4 Å². The summed E-state index contributed by atoms with van der Waals surface area (Å²) in [7, 11) is 0. The lowest BCUT2D eigenvalue weighted by Gasteiger charge is -2.37. The smallest absolute Gasteiger partial charge is 0.318 e. The molecule has 0 aliphatic carbocycles. The van der Waals surface area contributed by atoms with Crippen molar-refractivity contribution in [2.24, 2.45) is 70.4 Å². The monoisotopic (exact) mass is 1530 g/mol. The van der Waals surface area contributed by atoms with E-state index in [1.54, 1.807) is 0 Å². The largest absolute Gasteiger partial charge is 0.464 e. The molecule has 0 aromatic heterocycles. The van der Waals surface area contributed by atoms with Crippen LogP contribution in [-0.2, 0) is 114 Å². The van der Waals surface area contributed by atoms with Gasteiger partial charge >= 0.3 is 71.6 Å². The minimum atomic E-state index is -2.88. The van der Waals surface area contributed by atoms with Gasteiger partial charge in [-0.05, 0) is 83.1 Å². The van der Waals surface area contributed by atoms with Gasteiger partial charge in [0.05, 0.1) is 106 Å². The van der Waals surface area contributed by atoms with Gasteiger partial charge in [-0.1, -0.05) is 0 Å². The summed E-state index contributed by atoms with van der Waals surface area (Å²) in [5, 5.41) is 161. The molecule has 0 rings (SSSR count). The molecule has 0 atom stereocenters. The predicted octanol–water partition coefficient (Wildman–Crippen LogP) is -7.56. The van der Waals surface area contributed by atoms with Crippen molar-refractivity contribution < 1.29 is 196 Å². The van der Waals surface area contributed by atoms with Gasteiger partial charge in [0.25, 0.3) is 0 Å². The summed E-state index contributed by atoms with van der Waals surface area (Å²) in [4.78, 5) is 168. The second kappa shape index (κ2) is 41.4. The van der Waals surface area contributed by atoms with E-state index >= 15 is 19.2 Å². The first-order valence-corrected chi connectivity index (χ1v) is 32.3. The minimum Gasteiger partial charge on any atom is -0.464 e. The molecule has 0 aliphatic rings. The van der Waals surface area contributed by atoms with Gasteiger partial charge in [-0.25, -0.2) is 0 Å². The first-order valence-electron chi connectivity index (χ1n) is 32.3. The van der Waals surface area contributed by atoms with Crippen LogP contribution in [0.15, 0.2) is 0 Å². The van der Waals surface area contributed by atoms with Crippen molar-refractivity contribution in [3.8, 4) is 0 Å². The molecule has 0 amide bonds. The van der Waals surface area contributed by atoms with E-state index in [1.807, 2.05) is 0 Å². The SMILES string of the molecule is CC(CO)(CO)C(=O)OCC(C)(COC(=O)C(C)(CO)CO)C(=O)OCC(COC(=O)C(C)(COC(=O)C(C)(CO)CO)COC(=O)C(C)(CO)CO)(COC(=O)C(C)(COC(=O)C(C)(CO)CO)COC(=O)C(C)(CO)CO)COC(=O)C(C)(COC(=O)C(C)(CO)CO)COC(=O)C(C)(CO)CO. The molecule has 0 unspecified atom stereocenters. The first-order chi connectivity index (χ1) is 48.5. The summed E-state index contributed by atoms with van der Waals surface area (Å²) >= 11 is 0. The van der Waals surface area contributed by atoms with Gasteiger partial charge in [0.2, 0.25) is 0 Å². The van der Waals surface area contributed by atoms with E-state index in [1.165, 1.54) is 0 Å². The van der Waals surface area contributed by atoms with E-state index in [-0.39, 0.29) is 0 Å². The molecule has 40 heteroatoms. The Hall–Kier alpha value is -7.00. The average Bonchev–Trinajstić information content (AvgIpc) is 0.815. The zero-order valence-electron chi connectivity index (χ0n) is 61.3. The summed E-state index contributed by atoms with van der Waals surface area (Å²) in [6, 6.07) is 0. The standard InChI is InChI=1S/C65H108O40/c1-53(13-66,14-67)41(82)94-29-61(9,30-95-42(83)54(2,15-68)16-69)49(90)102-37-65(38-103-50(91)62(10,31-96-43(84)55(3,17-70)18-71)32-97-44(85)56(4,19-72)20-73,39-104-51(92)63(11,33-98-45(86)57(5,21-74)22-75)34-99-46(87)58(6,23-76)24-77)40-105-52(93)64(12,35-100-47(88)59(7,25-78)26-79)36-101-48(89)60(8,27-80)28-81/h66-81H,13-40H2,1-12H3.